The lowest BCUT2D eigenvalue weighted by Crippen LogP contribution is -2.57. The summed E-state index contributed by atoms with van der Waals surface area (Å²) in [4.78, 5) is 4.42. The maximum atomic E-state index is 14.6. The lowest BCUT2D eigenvalue weighted by atomic mass is 9.73. The highest BCUT2D eigenvalue weighted by Gasteiger charge is 2.39. The molecular weight excluding hydrogens is 395 g/mol. The van der Waals surface area contributed by atoms with Crippen LogP contribution in [-0.4, -0.2) is 41.1 Å². The van der Waals surface area contributed by atoms with E-state index in [1.165, 1.54) is 29.2 Å². The predicted molar refractivity (Wildman–Crippen MR) is 117 cm³/mol. The van der Waals surface area contributed by atoms with E-state index in [1.54, 1.807) is 12.3 Å². The summed E-state index contributed by atoms with van der Waals surface area (Å²) < 4.78 is 16.0. The Bertz CT molecular complexity index is 1090. The molecule has 0 atom stereocenters. The second kappa shape index (κ2) is 7.53. The highest BCUT2D eigenvalue weighted by Crippen LogP contribution is 2.39. The molecule has 8 heteroatoms. The summed E-state index contributed by atoms with van der Waals surface area (Å²) in [6.45, 7) is 13.0. The Balaban J connectivity index is 1.59. The zero-order chi connectivity index (χ0) is 22.4. The molecule has 0 amide bonds. The minimum atomic E-state index is -0.536. The van der Waals surface area contributed by atoms with E-state index in [0.717, 1.165) is 18.4 Å². The lowest BCUT2D eigenvalue weighted by Gasteiger charge is -2.46. The van der Waals surface area contributed by atoms with Gasteiger partial charge in [-0.15, -0.1) is 10.2 Å². The summed E-state index contributed by atoms with van der Waals surface area (Å²) >= 11 is 0. The SMILES string of the molecule is C=C(c1ncc(-c2cc(F)c(-n3cccn3)cc2O)nn1)C1CC(C)(C)NC(C)(C)C1. The molecule has 0 spiro atoms. The van der Waals surface area contributed by atoms with Gasteiger partial charge < -0.3 is 10.4 Å². The number of nitrogens with zero attached hydrogens (tertiary/aromatic N) is 5. The van der Waals surface area contributed by atoms with Gasteiger partial charge in [0.15, 0.2) is 5.82 Å². The Labute approximate surface area is 181 Å². The zero-order valence-corrected chi connectivity index (χ0v) is 18.2. The normalized spacial score (nSPS) is 18.1. The number of hydrogen-bond acceptors (Lipinski definition) is 6. The fourth-order valence-electron chi connectivity index (χ4n) is 4.64. The third kappa shape index (κ3) is 4.34. The molecule has 1 saturated heterocycles. The fourth-order valence-corrected chi connectivity index (χ4v) is 4.64. The van der Waals surface area contributed by atoms with Crippen molar-refractivity contribution < 1.29 is 9.50 Å². The van der Waals surface area contributed by atoms with Gasteiger partial charge in [-0.1, -0.05) is 6.58 Å². The van der Waals surface area contributed by atoms with Crippen LogP contribution < -0.4 is 5.32 Å². The number of hydrogen-bond donors (Lipinski definition) is 2. The summed E-state index contributed by atoms with van der Waals surface area (Å²) in [6.07, 6.45) is 6.47. The van der Waals surface area contributed by atoms with Crippen LogP contribution >= 0.6 is 0 Å². The zero-order valence-electron chi connectivity index (χ0n) is 18.2. The van der Waals surface area contributed by atoms with Crippen molar-refractivity contribution in [2.45, 2.75) is 51.6 Å². The predicted octanol–water partition coefficient (Wildman–Crippen LogP) is 4.14. The third-order valence-corrected chi connectivity index (χ3v) is 5.62. The molecule has 3 aromatic rings. The minimum absolute atomic E-state index is 0.0254. The first-order valence-corrected chi connectivity index (χ1v) is 10.3. The van der Waals surface area contributed by atoms with Gasteiger partial charge in [0, 0.05) is 35.1 Å². The molecule has 0 bridgehead atoms. The Morgan fingerprint density at radius 3 is 2.48 bits per heavy atom. The van der Waals surface area contributed by atoms with Gasteiger partial charge in [-0.2, -0.15) is 5.10 Å². The van der Waals surface area contributed by atoms with Crippen LogP contribution in [0.2, 0.25) is 0 Å². The van der Waals surface area contributed by atoms with Crippen molar-refractivity contribution in [3.63, 3.8) is 0 Å². The van der Waals surface area contributed by atoms with E-state index in [4.69, 9.17) is 0 Å². The monoisotopic (exact) mass is 422 g/mol. The van der Waals surface area contributed by atoms with Crippen molar-refractivity contribution >= 4 is 5.57 Å². The Kier molecular flexibility index (Phi) is 5.13. The van der Waals surface area contributed by atoms with Gasteiger partial charge in [-0.3, -0.25) is 0 Å². The Morgan fingerprint density at radius 1 is 1.19 bits per heavy atom. The second-order valence-electron chi connectivity index (χ2n) is 9.46. The van der Waals surface area contributed by atoms with Crippen LogP contribution in [0.3, 0.4) is 0 Å². The average Bonchev–Trinajstić information content (AvgIpc) is 3.21. The van der Waals surface area contributed by atoms with Gasteiger partial charge in [-0.25, -0.2) is 14.1 Å². The Morgan fingerprint density at radius 2 is 1.90 bits per heavy atom. The second-order valence-corrected chi connectivity index (χ2v) is 9.46. The van der Waals surface area contributed by atoms with Crippen LogP contribution in [0.25, 0.3) is 22.5 Å². The summed E-state index contributed by atoms with van der Waals surface area (Å²) in [5.41, 5.74) is 1.44. The number of allylic oxidation sites excluding steroid dienone is 1. The molecular formula is C23H27FN6O. The van der Waals surface area contributed by atoms with Crippen molar-refractivity contribution in [3.8, 4) is 22.7 Å². The number of rotatable bonds is 4. The largest absolute Gasteiger partial charge is 0.507 e. The van der Waals surface area contributed by atoms with E-state index in [9.17, 15) is 9.50 Å². The van der Waals surface area contributed by atoms with E-state index < -0.39 is 5.82 Å². The van der Waals surface area contributed by atoms with Crippen LogP contribution in [0.4, 0.5) is 4.39 Å². The summed E-state index contributed by atoms with van der Waals surface area (Å²) in [6, 6.07) is 4.20. The van der Waals surface area contributed by atoms with Crippen LogP contribution in [0.5, 0.6) is 5.75 Å². The average molecular weight is 423 g/mol. The van der Waals surface area contributed by atoms with E-state index in [0.29, 0.717) is 5.82 Å². The maximum absolute atomic E-state index is 14.6. The topological polar surface area (TPSA) is 88.8 Å². The lowest BCUT2D eigenvalue weighted by molar-refractivity contribution is 0.154. The highest BCUT2D eigenvalue weighted by molar-refractivity contribution is 5.69. The molecule has 7 nitrogen and oxygen atoms in total. The van der Waals surface area contributed by atoms with Gasteiger partial charge in [0.1, 0.15) is 22.9 Å². The number of nitrogens with one attached hydrogen (secondary N) is 1. The van der Waals surface area contributed by atoms with E-state index in [2.05, 4.69) is 59.9 Å². The molecule has 1 aliphatic rings. The number of benzene rings is 1. The quantitative estimate of drug-likeness (QED) is 0.657. The molecule has 0 aliphatic carbocycles. The van der Waals surface area contributed by atoms with Crippen molar-refractivity contribution in [1.29, 1.82) is 0 Å². The van der Waals surface area contributed by atoms with E-state index in [1.807, 2.05) is 0 Å². The standard InChI is InChI=1S/C23H27FN6O/c1-14(15-11-22(2,3)29-23(4,5)12-15)21-25-13-18(27-28-21)16-9-17(24)19(10-20(16)31)30-8-6-7-26-30/h6-10,13,15,29,31H,1,11-12H2,2-5H3. The molecule has 4 rings (SSSR count). The first kappa shape index (κ1) is 21.1. The smallest absolute Gasteiger partial charge is 0.177 e. The van der Waals surface area contributed by atoms with Crippen molar-refractivity contribution in [1.82, 2.24) is 30.3 Å². The number of halogens is 1. The van der Waals surface area contributed by atoms with Crippen LogP contribution in [-0.2, 0) is 0 Å². The fraction of sp³-hybridized carbons (Fsp3) is 0.391. The Hall–Kier alpha value is -3.13. The summed E-state index contributed by atoms with van der Waals surface area (Å²) in [5, 5.41) is 26.5. The number of phenolic OH excluding ortho intramolecular Hbond substituents is 1. The minimum Gasteiger partial charge on any atom is -0.507 e. The van der Waals surface area contributed by atoms with Crippen LogP contribution in [0.15, 0.2) is 43.4 Å². The third-order valence-electron chi connectivity index (χ3n) is 5.62. The summed E-state index contributed by atoms with van der Waals surface area (Å²) in [7, 11) is 0. The first-order valence-electron chi connectivity index (χ1n) is 10.3. The maximum Gasteiger partial charge on any atom is 0.177 e. The molecule has 31 heavy (non-hydrogen) atoms. The first-order chi connectivity index (χ1) is 14.5. The van der Waals surface area contributed by atoms with Gasteiger partial charge in [-0.05, 0) is 64.2 Å². The molecule has 1 fully saturated rings. The molecule has 3 heterocycles. The molecule has 162 valence electrons. The van der Waals surface area contributed by atoms with Gasteiger partial charge >= 0.3 is 0 Å². The highest BCUT2D eigenvalue weighted by atomic mass is 19.1. The number of phenols is 1. The van der Waals surface area contributed by atoms with Gasteiger partial charge in [0.05, 0.1) is 6.20 Å². The van der Waals surface area contributed by atoms with Crippen molar-refractivity contribution in [3.05, 3.63) is 55.0 Å². The van der Waals surface area contributed by atoms with Crippen LogP contribution in [0, 0.1) is 11.7 Å². The molecule has 2 N–H and O–H groups in total. The van der Waals surface area contributed by atoms with Gasteiger partial charge in [0.2, 0.25) is 0 Å². The van der Waals surface area contributed by atoms with Crippen molar-refractivity contribution in [2.75, 3.05) is 0 Å². The van der Waals surface area contributed by atoms with Crippen molar-refractivity contribution in [2.24, 2.45) is 5.92 Å². The van der Waals surface area contributed by atoms with Gasteiger partial charge in [0.25, 0.3) is 0 Å². The van der Waals surface area contributed by atoms with E-state index >= 15 is 0 Å². The molecule has 0 saturated carbocycles. The number of aromatic nitrogens is 5. The molecule has 0 unspecified atom stereocenters. The molecule has 1 aromatic carbocycles. The number of aromatic hydroxyl groups is 1. The molecule has 1 aliphatic heterocycles. The number of piperidine rings is 1. The van der Waals surface area contributed by atoms with E-state index in [-0.39, 0.29) is 39.7 Å². The van der Waals surface area contributed by atoms with Crippen LogP contribution in [0.1, 0.15) is 46.4 Å². The molecule has 0 radical (unpaired) electrons. The molecule has 2 aromatic heterocycles. The summed E-state index contributed by atoms with van der Waals surface area (Å²) in [5.74, 6) is 0.0239.